The van der Waals surface area contributed by atoms with Crippen molar-refractivity contribution >= 4 is 40.8 Å². The second kappa shape index (κ2) is 9.67. The quantitative estimate of drug-likeness (QED) is 0.223. The van der Waals surface area contributed by atoms with Crippen LogP contribution in [0.5, 0.6) is 0 Å². The summed E-state index contributed by atoms with van der Waals surface area (Å²) in [5, 5.41) is 8.70. The number of rotatable bonds is 6. The van der Waals surface area contributed by atoms with E-state index in [1.807, 2.05) is 66.4 Å². The molecule has 7 nitrogen and oxygen atoms in total. The summed E-state index contributed by atoms with van der Waals surface area (Å²) >= 11 is 2.98. The van der Waals surface area contributed by atoms with Crippen LogP contribution in [0.4, 0.5) is 11.4 Å². The molecule has 4 heterocycles. The highest BCUT2D eigenvalue weighted by molar-refractivity contribution is 8.00. The molecule has 5 aromatic rings. The third kappa shape index (κ3) is 4.10. The topological polar surface area (TPSA) is 85.3 Å². The third-order valence-corrected chi connectivity index (χ3v) is 8.06. The van der Waals surface area contributed by atoms with Gasteiger partial charge in [0.05, 0.1) is 29.2 Å². The van der Waals surface area contributed by atoms with Crippen molar-refractivity contribution < 1.29 is 13.6 Å². The van der Waals surface area contributed by atoms with Crippen molar-refractivity contribution in [2.75, 3.05) is 4.90 Å². The second-order valence-electron chi connectivity index (χ2n) is 7.97. The Kier molecular flexibility index (Phi) is 6.08. The van der Waals surface area contributed by atoms with Crippen LogP contribution in [0.1, 0.15) is 13.3 Å². The molecule has 0 aliphatic carbocycles. The maximum atomic E-state index is 14.0. The van der Waals surface area contributed by atoms with Crippen molar-refractivity contribution in [3.63, 3.8) is 0 Å². The van der Waals surface area contributed by atoms with E-state index in [0.29, 0.717) is 34.5 Å². The Labute approximate surface area is 215 Å². The number of thioether (sulfide) groups is 1. The first-order valence-electron chi connectivity index (χ1n) is 11.4. The predicted molar refractivity (Wildman–Crippen MR) is 139 cm³/mol. The molecule has 0 bridgehead atoms. The molecule has 1 amide bonds. The number of nitrogens with zero attached hydrogens (tertiary/aromatic N) is 4. The van der Waals surface area contributed by atoms with Crippen molar-refractivity contribution in [3.8, 4) is 22.9 Å². The van der Waals surface area contributed by atoms with E-state index in [4.69, 9.17) is 13.8 Å². The molecule has 1 unspecified atom stereocenters. The monoisotopic (exact) mass is 512 g/mol. The third-order valence-electron chi connectivity index (χ3n) is 5.72. The van der Waals surface area contributed by atoms with E-state index in [0.717, 1.165) is 21.2 Å². The maximum absolute atomic E-state index is 14.0. The molecule has 1 aliphatic heterocycles. The van der Waals surface area contributed by atoms with Crippen molar-refractivity contribution in [3.05, 3.63) is 85.3 Å². The van der Waals surface area contributed by atoms with E-state index in [1.54, 1.807) is 42.5 Å². The van der Waals surface area contributed by atoms with Gasteiger partial charge in [-0.2, -0.15) is 0 Å². The van der Waals surface area contributed by atoms with E-state index in [2.05, 4.69) is 10.2 Å². The first-order valence-corrected chi connectivity index (χ1v) is 13.1. The maximum Gasteiger partial charge on any atom is 0.245 e. The lowest BCUT2D eigenvalue weighted by Gasteiger charge is -2.33. The normalized spacial score (nSPS) is 13.2. The fraction of sp³-hybridized carbons (Fsp3) is 0.111. The molecule has 0 saturated carbocycles. The molecule has 2 aromatic carbocycles. The molecule has 9 heteroatoms. The van der Waals surface area contributed by atoms with Crippen molar-refractivity contribution in [2.24, 2.45) is 0 Å². The molecule has 178 valence electrons. The lowest BCUT2D eigenvalue weighted by Crippen LogP contribution is -2.35. The minimum absolute atomic E-state index is 0.0269. The highest BCUT2D eigenvalue weighted by Crippen LogP contribution is 2.48. The summed E-state index contributed by atoms with van der Waals surface area (Å²) < 4.78 is 11.1. The lowest BCUT2D eigenvalue weighted by molar-refractivity contribution is -0.117. The van der Waals surface area contributed by atoms with Gasteiger partial charge in [-0.15, -0.1) is 10.2 Å². The molecule has 1 aliphatic rings. The van der Waals surface area contributed by atoms with Crippen LogP contribution in [-0.4, -0.2) is 26.3 Å². The summed E-state index contributed by atoms with van der Waals surface area (Å²) in [5.74, 6) is 1.06. The zero-order valence-corrected chi connectivity index (χ0v) is 20.8. The molecule has 1 atom stereocenters. The van der Waals surface area contributed by atoms with E-state index in [1.165, 1.54) is 11.8 Å². The average Bonchev–Trinajstić information content (AvgIpc) is 3.65. The van der Waals surface area contributed by atoms with Crippen LogP contribution < -0.4 is 4.90 Å². The van der Waals surface area contributed by atoms with Crippen LogP contribution in [-0.2, 0) is 4.79 Å². The number of anilines is 2. The number of aromatic nitrogens is 3. The zero-order chi connectivity index (χ0) is 24.5. The standard InChI is InChI=1S/C27H20N4O3S2/c1-2-21(26(32)31-17-9-3-5-13-22(17)35-23-14-6-4-10-18(23)31)36-27-28-24(19-11-7-15-33-19)25(29-30-27)20-12-8-16-34-20/h3-16,21H,2H2,1H3. The van der Waals surface area contributed by atoms with Crippen LogP contribution in [0, 0.1) is 0 Å². The molecule has 3 aromatic heterocycles. The Morgan fingerprint density at radius 2 is 1.47 bits per heavy atom. The van der Waals surface area contributed by atoms with Gasteiger partial charge in [0.25, 0.3) is 0 Å². The molecule has 0 spiro atoms. The number of furan rings is 2. The predicted octanol–water partition coefficient (Wildman–Crippen LogP) is 7.09. The van der Waals surface area contributed by atoms with Crippen molar-refractivity contribution in [2.45, 2.75) is 33.5 Å². The number of hydrogen-bond acceptors (Lipinski definition) is 8. The SMILES string of the molecule is CCC(Sc1nnc(-c2ccco2)c(-c2ccco2)n1)C(=O)N1c2ccccc2Sc2ccccc21. The first kappa shape index (κ1) is 22.6. The van der Waals surface area contributed by atoms with E-state index >= 15 is 0 Å². The minimum atomic E-state index is -0.421. The number of amides is 1. The van der Waals surface area contributed by atoms with Gasteiger partial charge in [-0.05, 0) is 55.0 Å². The van der Waals surface area contributed by atoms with Gasteiger partial charge in [0.2, 0.25) is 11.1 Å². The smallest absolute Gasteiger partial charge is 0.245 e. The molecule has 0 N–H and O–H groups in total. The van der Waals surface area contributed by atoms with Gasteiger partial charge < -0.3 is 8.83 Å². The summed E-state index contributed by atoms with van der Waals surface area (Å²) in [6.45, 7) is 1.99. The zero-order valence-electron chi connectivity index (χ0n) is 19.2. The number of carbonyl (C=O) groups is 1. The average molecular weight is 513 g/mol. The van der Waals surface area contributed by atoms with E-state index in [9.17, 15) is 4.79 Å². The summed E-state index contributed by atoms with van der Waals surface area (Å²) in [5.41, 5.74) is 2.76. The molecule has 6 rings (SSSR count). The second-order valence-corrected chi connectivity index (χ2v) is 10.2. The Balaban J connectivity index is 1.36. The van der Waals surface area contributed by atoms with Crippen LogP contribution in [0.3, 0.4) is 0 Å². The molecular formula is C27H20N4O3S2. The van der Waals surface area contributed by atoms with Crippen LogP contribution >= 0.6 is 23.5 Å². The van der Waals surface area contributed by atoms with Gasteiger partial charge in [-0.25, -0.2) is 4.98 Å². The number of hydrogen-bond donors (Lipinski definition) is 0. The number of carbonyl (C=O) groups excluding carboxylic acids is 1. The van der Waals surface area contributed by atoms with Gasteiger partial charge in [0.1, 0.15) is 5.69 Å². The Hall–Kier alpha value is -3.82. The van der Waals surface area contributed by atoms with E-state index in [-0.39, 0.29) is 5.91 Å². The Morgan fingerprint density at radius 1 is 0.861 bits per heavy atom. The van der Waals surface area contributed by atoms with Crippen LogP contribution in [0.25, 0.3) is 22.9 Å². The molecule has 0 radical (unpaired) electrons. The molecule has 36 heavy (non-hydrogen) atoms. The van der Waals surface area contributed by atoms with Gasteiger partial charge in [-0.3, -0.25) is 9.69 Å². The van der Waals surface area contributed by atoms with Gasteiger partial charge in [-0.1, -0.05) is 54.7 Å². The largest absolute Gasteiger partial charge is 0.463 e. The van der Waals surface area contributed by atoms with Crippen LogP contribution in [0.2, 0.25) is 0 Å². The highest BCUT2D eigenvalue weighted by Gasteiger charge is 2.33. The van der Waals surface area contributed by atoms with Gasteiger partial charge in [0, 0.05) is 9.79 Å². The summed E-state index contributed by atoms with van der Waals surface area (Å²) in [7, 11) is 0. The first-order chi connectivity index (χ1) is 17.7. The minimum Gasteiger partial charge on any atom is -0.463 e. The molecule has 0 saturated heterocycles. The summed E-state index contributed by atoms with van der Waals surface area (Å²) in [6, 6.07) is 23.1. The Bertz CT molecular complexity index is 1470. The van der Waals surface area contributed by atoms with E-state index < -0.39 is 5.25 Å². The van der Waals surface area contributed by atoms with Crippen molar-refractivity contribution in [1.82, 2.24) is 15.2 Å². The number of para-hydroxylation sites is 2. The fourth-order valence-corrected chi connectivity index (χ4v) is 5.96. The molecule has 0 fully saturated rings. The van der Waals surface area contributed by atoms with Crippen molar-refractivity contribution in [1.29, 1.82) is 0 Å². The number of benzene rings is 2. The number of fused-ring (bicyclic) bond motifs is 2. The summed E-state index contributed by atoms with van der Waals surface area (Å²) in [4.78, 5) is 22.7. The highest BCUT2D eigenvalue weighted by atomic mass is 32.2. The molecular weight excluding hydrogens is 492 g/mol. The Morgan fingerprint density at radius 3 is 2.06 bits per heavy atom. The summed E-state index contributed by atoms with van der Waals surface area (Å²) in [6.07, 6.45) is 3.75. The van der Waals surface area contributed by atoms with Gasteiger partial charge in [0.15, 0.2) is 17.2 Å². The lowest BCUT2D eigenvalue weighted by atomic mass is 10.2. The fourth-order valence-electron chi connectivity index (χ4n) is 4.05. The van der Waals surface area contributed by atoms with Crippen LogP contribution in [0.15, 0.2) is 109 Å². The van der Waals surface area contributed by atoms with Gasteiger partial charge >= 0.3 is 0 Å².